The number of nitriles is 1. The minimum absolute atomic E-state index is 0.574. The quantitative estimate of drug-likeness (QED) is 0.618. The first-order chi connectivity index (χ1) is 11.7. The maximum absolute atomic E-state index is 9.49. The molecule has 0 radical (unpaired) electrons. The lowest BCUT2D eigenvalue weighted by atomic mass is 10.1. The van der Waals surface area contributed by atoms with Gasteiger partial charge < -0.3 is 4.74 Å². The first-order valence-corrected chi connectivity index (χ1v) is 8.36. The van der Waals surface area contributed by atoms with Crippen molar-refractivity contribution in [3.05, 3.63) is 70.0 Å². The molecular formula is C20H16N2OS. The molecule has 0 atom stereocenters. The van der Waals surface area contributed by atoms with Crippen LogP contribution in [0.25, 0.3) is 22.9 Å². The molecule has 0 aliphatic rings. The fourth-order valence-electron chi connectivity index (χ4n) is 2.36. The predicted molar refractivity (Wildman–Crippen MR) is 98.8 cm³/mol. The number of allylic oxidation sites excluding steroid dienone is 1. The summed E-state index contributed by atoms with van der Waals surface area (Å²) in [5.41, 5.74) is 4.62. The molecular weight excluding hydrogens is 316 g/mol. The van der Waals surface area contributed by atoms with Crippen LogP contribution in [-0.4, -0.2) is 12.1 Å². The Balaban J connectivity index is 1.91. The molecule has 0 bridgehead atoms. The number of nitrogens with zero attached hydrogens (tertiary/aromatic N) is 2. The fraction of sp³-hybridized carbons (Fsp3) is 0.100. The standard InChI is InChI=1S/C20H16N2OS/c1-14-4-3-5-15(10-14)11-17(12-21)20-22-19(13-24-20)16-6-8-18(23-2)9-7-16/h3-11,13H,1-2H3. The van der Waals surface area contributed by atoms with Crippen molar-refractivity contribution >= 4 is 23.0 Å². The van der Waals surface area contributed by atoms with Gasteiger partial charge in [0.2, 0.25) is 0 Å². The zero-order valence-corrected chi connectivity index (χ0v) is 14.3. The van der Waals surface area contributed by atoms with Crippen molar-refractivity contribution in [2.24, 2.45) is 0 Å². The number of thiazole rings is 1. The molecule has 1 aromatic heterocycles. The number of ether oxygens (including phenoxy) is 1. The molecule has 3 rings (SSSR count). The molecule has 0 aliphatic heterocycles. The molecule has 0 saturated carbocycles. The Labute approximate surface area is 145 Å². The predicted octanol–water partition coefficient (Wildman–Crippen LogP) is 5.19. The molecule has 0 saturated heterocycles. The zero-order valence-electron chi connectivity index (χ0n) is 13.5. The number of aryl methyl sites for hydroxylation is 1. The first-order valence-electron chi connectivity index (χ1n) is 7.48. The van der Waals surface area contributed by atoms with Gasteiger partial charge in [-0.25, -0.2) is 4.98 Å². The van der Waals surface area contributed by atoms with E-state index in [2.05, 4.69) is 17.1 Å². The molecule has 24 heavy (non-hydrogen) atoms. The molecule has 3 nitrogen and oxygen atoms in total. The second-order valence-electron chi connectivity index (χ2n) is 5.35. The van der Waals surface area contributed by atoms with E-state index < -0.39 is 0 Å². The molecule has 0 fully saturated rings. The molecule has 1 heterocycles. The fourth-order valence-corrected chi connectivity index (χ4v) is 3.15. The lowest BCUT2D eigenvalue weighted by Crippen LogP contribution is -1.85. The van der Waals surface area contributed by atoms with Crippen molar-refractivity contribution in [2.45, 2.75) is 6.92 Å². The van der Waals surface area contributed by atoms with Crippen LogP contribution in [-0.2, 0) is 0 Å². The summed E-state index contributed by atoms with van der Waals surface area (Å²) in [6.07, 6.45) is 1.88. The van der Waals surface area contributed by atoms with Crippen LogP contribution in [0.5, 0.6) is 5.75 Å². The maximum Gasteiger partial charge on any atom is 0.134 e. The minimum atomic E-state index is 0.574. The Hall–Kier alpha value is -2.90. The van der Waals surface area contributed by atoms with Crippen molar-refractivity contribution in [1.82, 2.24) is 4.98 Å². The summed E-state index contributed by atoms with van der Waals surface area (Å²) in [6.45, 7) is 2.04. The number of hydrogen-bond acceptors (Lipinski definition) is 4. The highest BCUT2D eigenvalue weighted by Crippen LogP contribution is 2.28. The van der Waals surface area contributed by atoms with Crippen molar-refractivity contribution < 1.29 is 4.74 Å². The van der Waals surface area contributed by atoms with Gasteiger partial charge in [-0.3, -0.25) is 0 Å². The summed E-state index contributed by atoms with van der Waals surface area (Å²) >= 11 is 1.48. The Kier molecular flexibility index (Phi) is 4.74. The SMILES string of the molecule is COc1ccc(-c2csc(C(C#N)=Cc3cccc(C)c3)n2)cc1. The number of methoxy groups -OCH3 is 1. The van der Waals surface area contributed by atoms with Gasteiger partial charge in [-0.2, -0.15) is 5.26 Å². The summed E-state index contributed by atoms with van der Waals surface area (Å²) < 4.78 is 5.17. The monoisotopic (exact) mass is 332 g/mol. The van der Waals surface area contributed by atoms with E-state index in [1.165, 1.54) is 16.9 Å². The molecule has 0 N–H and O–H groups in total. The zero-order chi connectivity index (χ0) is 16.9. The highest BCUT2D eigenvalue weighted by molar-refractivity contribution is 7.11. The molecule has 0 amide bonds. The number of benzene rings is 2. The van der Waals surface area contributed by atoms with Crippen molar-refractivity contribution in [3.63, 3.8) is 0 Å². The summed E-state index contributed by atoms with van der Waals surface area (Å²) in [5.74, 6) is 0.811. The molecule has 0 unspecified atom stereocenters. The summed E-state index contributed by atoms with van der Waals surface area (Å²) in [6, 6.07) is 18.1. The molecule has 118 valence electrons. The Bertz CT molecular complexity index is 917. The van der Waals surface area contributed by atoms with Crippen LogP contribution in [0.1, 0.15) is 16.1 Å². The van der Waals surface area contributed by atoms with Crippen LogP contribution in [0.4, 0.5) is 0 Å². The van der Waals surface area contributed by atoms with Crippen molar-refractivity contribution in [3.8, 4) is 23.1 Å². The van der Waals surface area contributed by atoms with Gasteiger partial charge in [0, 0.05) is 10.9 Å². The van der Waals surface area contributed by atoms with E-state index in [0.29, 0.717) is 5.57 Å². The lowest BCUT2D eigenvalue weighted by molar-refractivity contribution is 0.415. The van der Waals surface area contributed by atoms with Crippen LogP contribution in [0.3, 0.4) is 0 Å². The van der Waals surface area contributed by atoms with E-state index in [9.17, 15) is 5.26 Å². The van der Waals surface area contributed by atoms with Gasteiger partial charge in [-0.15, -0.1) is 11.3 Å². The van der Waals surface area contributed by atoms with Crippen LogP contribution in [0, 0.1) is 18.3 Å². The van der Waals surface area contributed by atoms with E-state index in [1.807, 2.05) is 60.8 Å². The lowest BCUT2D eigenvalue weighted by Gasteiger charge is -2.00. The molecule has 2 aromatic carbocycles. The number of aromatic nitrogens is 1. The minimum Gasteiger partial charge on any atom is -0.497 e. The highest BCUT2D eigenvalue weighted by Gasteiger charge is 2.09. The topological polar surface area (TPSA) is 45.9 Å². The van der Waals surface area contributed by atoms with E-state index in [4.69, 9.17) is 4.74 Å². The van der Waals surface area contributed by atoms with Crippen molar-refractivity contribution in [1.29, 1.82) is 5.26 Å². The largest absolute Gasteiger partial charge is 0.497 e. The second kappa shape index (κ2) is 7.12. The van der Waals surface area contributed by atoms with Gasteiger partial charge in [0.15, 0.2) is 0 Å². The molecule has 3 aromatic rings. The summed E-state index contributed by atoms with van der Waals surface area (Å²) in [4.78, 5) is 4.61. The third-order valence-electron chi connectivity index (χ3n) is 3.59. The Morgan fingerprint density at radius 2 is 2.00 bits per heavy atom. The van der Waals surface area contributed by atoms with Crippen LogP contribution < -0.4 is 4.74 Å². The van der Waals surface area contributed by atoms with Gasteiger partial charge in [0.1, 0.15) is 16.8 Å². The van der Waals surface area contributed by atoms with Crippen molar-refractivity contribution in [2.75, 3.05) is 7.11 Å². The third-order valence-corrected chi connectivity index (χ3v) is 4.47. The maximum atomic E-state index is 9.49. The molecule has 4 heteroatoms. The van der Waals surface area contributed by atoms with Gasteiger partial charge in [-0.1, -0.05) is 29.8 Å². The Morgan fingerprint density at radius 3 is 2.67 bits per heavy atom. The number of rotatable bonds is 4. The second-order valence-corrected chi connectivity index (χ2v) is 6.21. The average Bonchev–Trinajstić information content (AvgIpc) is 3.10. The van der Waals surface area contributed by atoms with Gasteiger partial charge in [-0.05, 0) is 42.8 Å². The van der Waals surface area contributed by atoms with Gasteiger partial charge in [0.05, 0.1) is 18.4 Å². The van der Waals surface area contributed by atoms with Crippen LogP contribution in [0.2, 0.25) is 0 Å². The molecule has 0 spiro atoms. The normalized spacial score (nSPS) is 11.1. The highest BCUT2D eigenvalue weighted by atomic mass is 32.1. The van der Waals surface area contributed by atoms with Crippen LogP contribution >= 0.6 is 11.3 Å². The summed E-state index contributed by atoms with van der Waals surface area (Å²) in [7, 11) is 1.64. The van der Waals surface area contributed by atoms with Gasteiger partial charge >= 0.3 is 0 Å². The van der Waals surface area contributed by atoms with Gasteiger partial charge in [0.25, 0.3) is 0 Å². The van der Waals surface area contributed by atoms with E-state index in [0.717, 1.165) is 27.6 Å². The van der Waals surface area contributed by atoms with E-state index >= 15 is 0 Å². The third kappa shape index (κ3) is 3.53. The smallest absolute Gasteiger partial charge is 0.134 e. The first kappa shape index (κ1) is 16.0. The molecule has 0 aliphatic carbocycles. The average molecular weight is 332 g/mol. The Morgan fingerprint density at radius 1 is 1.21 bits per heavy atom. The summed E-state index contributed by atoms with van der Waals surface area (Å²) in [5, 5.41) is 12.2. The van der Waals surface area contributed by atoms with E-state index in [1.54, 1.807) is 7.11 Å². The number of hydrogen-bond donors (Lipinski definition) is 0. The van der Waals surface area contributed by atoms with E-state index in [-0.39, 0.29) is 0 Å². The van der Waals surface area contributed by atoms with Crippen LogP contribution in [0.15, 0.2) is 53.9 Å².